The van der Waals surface area contributed by atoms with Crippen LogP contribution >= 0.6 is 0 Å². The molecule has 5 atom stereocenters. The second-order valence-corrected chi connectivity index (χ2v) is 6.39. The molecule has 2 aromatic rings. The minimum absolute atomic E-state index is 0.268. The normalized spacial score (nSPS) is 33.0. The van der Waals surface area contributed by atoms with Crippen molar-refractivity contribution in [3.63, 3.8) is 0 Å². The number of nitrogen functional groups attached to an aromatic ring is 1. The van der Waals surface area contributed by atoms with Crippen LogP contribution in [0.15, 0.2) is 12.7 Å². The largest absolute Gasteiger partial charge is 0.394 e. The molecule has 0 aromatic carbocycles. The number of anilines is 1. The lowest BCUT2D eigenvalue weighted by molar-refractivity contribution is -0.208. The Morgan fingerprint density at radius 3 is 2.79 bits per heavy atom. The maximum atomic E-state index is 10.1. The Kier molecular flexibility index (Phi) is 3.48. The van der Waals surface area contributed by atoms with Crippen LogP contribution in [0.1, 0.15) is 20.1 Å². The van der Waals surface area contributed by atoms with E-state index in [9.17, 15) is 10.2 Å². The van der Waals surface area contributed by atoms with Gasteiger partial charge in [0.25, 0.3) is 0 Å². The fourth-order valence-corrected chi connectivity index (χ4v) is 3.30. The first kappa shape index (κ1) is 15.7. The fourth-order valence-electron chi connectivity index (χ4n) is 3.30. The van der Waals surface area contributed by atoms with Crippen LogP contribution in [0.2, 0.25) is 0 Å². The number of imidazole rings is 1. The standard InChI is InChI=1S/C14H19N5O5/c1-14(2)23-9-8(6(21)3-20)22-13(10(9)24-14)19-5-18-7-11(15)16-4-17-12(7)19/h4-6,8-10,13,20-21H,3H2,1-2H3,(H2,15,16,17)/t6-,8+,9-,10-,13-/m1/s1. The summed E-state index contributed by atoms with van der Waals surface area (Å²) in [6.45, 7) is 3.14. The van der Waals surface area contributed by atoms with E-state index < -0.39 is 43.0 Å². The zero-order valence-electron chi connectivity index (χ0n) is 13.2. The lowest BCUT2D eigenvalue weighted by Gasteiger charge is -2.26. The highest BCUT2D eigenvalue weighted by molar-refractivity contribution is 5.81. The lowest BCUT2D eigenvalue weighted by Crippen LogP contribution is -2.40. The first-order chi connectivity index (χ1) is 11.4. The summed E-state index contributed by atoms with van der Waals surface area (Å²) in [6, 6.07) is 0. The molecule has 0 unspecified atom stereocenters. The van der Waals surface area contributed by atoms with Gasteiger partial charge in [0.15, 0.2) is 23.5 Å². The second kappa shape index (κ2) is 5.33. The summed E-state index contributed by atoms with van der Waals surface area (Å²) in [7, 11) is 0. The van der Waals surface area contributed by atoms with Crippen molar-refractivity contribution in [1.29, 1.82) is 0 Å². The third kappa shape index (κ3) is 2.26. The van der Waals surface area contributed by atoms with Crippen molar-refractivity contribution < 1.29 is 24.4 Å². The molecule has 0 saturated carbocycles. The molecule has 2 aromatic heterocycles. The van der Waals surface area contributed by atoms with Gasteiger partial charge in [0.1, 0.15) is 36.3 Å². The first-order valence-corrected chi connectivity index (χ1v) is 7.64. The van der Waals surface area contributed by atoms with Crippen LogP contribution in [0, 0.1) is 0 Å². The topological polar surface area (TPSA) is 138 Å². The van der Waals surface area contributed by atoms with E-state index in [2.05, 4.69) is 15.0 Å². The summed E-state index contributed by atoms with van der Waals surface area (Å²) in [5.41, 5.74) is 6.78. The molecule has 4 rings (SSSR count). The van der Waals surface area contributed by atoms with E-state index in [4.69, 9.17) is 19.9 Å². The van der Waals surface area contributed by atoms with Crippen LogP contribution in [0.3, 0.4) is 0 Å². The number of rotatable bonds is 3. The van der Waals surface area contributed by atoms with E-state index in [-0.39, 0.29) is 5.82 Å². The van der Waals surface area contributed by atoms with Gasteiger partial charge in [-0.1, -0.05) is 0 Å². The molecule has 4 N–H and O–H groups in total. The number of hydrogen-bond acceptors (Lipinski definition) is 9. The van der Waals surface area contributed by atoms with E-state index in [0.717, 1.165) is 0 Å². The van der Waals surface area contributed by atoms with Crippen LogP contribution in [0.5, 0.6) is 0 Å². The number of nitrogens with zero attached hydrogens (tertiary/aromatic N) is 4. The van der Waals surface area contributed by atoms with Gasteiger partial charge in [0.05, 0.1) is 12.9 Å². The van der Waals surface area contributed by atoms with Crippen molar-refractivity contribution in [3.05, 3.63) is 12.7 Å². The number of fused-ring (bicyclic) bond motifs is 2. The highest BCUT2D eigenvalue weighted by atomic mass is 16.8. The van der Waals surface area contributed by atoms with Gasteiger partial charge in [-0.2, -0.15) is 0 Å². The predicted octanol–water partition coefficient (Wildman–Crippen LogP) is -0.821. The van der Waals surface area contributed by atoms with Crippen molar-refractivity contribution in [1.82, 2.24) is 19.5 Å². The van der Waals surface area contributed by atoms with Crippen molar-refractivity contribution in [2.45, 2.75) is 50.3 Å². The van der Waals surface area contributed by atoms with Gasteiger partial charge >= 0.3 is 0 Å². The molecule has 10 nitrogen and oxygen atoms in total. The number of ether oxygens (including phenoxy) is 3. The van der Waals surface area contributed by atoms with Crippen LogP contribution in [0.25, 0.3) is 11.2 Å². The third-order valence-electron chi connectivity index (χ3n) is 4.29. The van der Waals surface area contributed by atoms with E-state index >= 15 is 0 Å². The molecule has 2 aliphatic rings. The minimum Gasteiger partial charge on any atom is -0.394 e. The zero-order chi connectivity index (χ0) is 17.1. The average Bonchev–Trinajstić information content (AvgIpc) is 3.18. The summed E-state index contributed by atoms with van der Waals surface area (Å²) < 4.78 is 19.4. The average molecular weight is 337 g/mol. The summed E-state index contributed by atoms with van der Waals surface area (Å²) in [4.78, 5) is 12.4. The zero-order valence-corrected chi connectivity index (χ0v) is 13.2. The maximum Gasteiger partial charge on any atom is 0.167 e. The van der Waals surface area contributed by atoms with Gasteiger partial charge in [-0.15, -0.1) is 0 Å². The molecule has 24 heavy (non-hydrogen) atoms. The van der Waals surface area contributed by atoms with E-state index in [1.165, 1.54) is 6.33 Å². The smallest absolute Gasteiger partial charge is 0.167 e. The molecule has 2 fully saturated rings. The predicted molar refractivity (Wildman–Crippen MR) is 80.6 cm³/mol. The highest BCUT2D eigenvalue weighted by Gasteiger charge is 2.57. The Balaban J connectivity index is 1.75. The second-order valence-electron chi connectivity index (χ2n) is 6.39. The number of aliphatic hydroxyl groups is 2. The molecule has 2 saturated heterocycles. The molecule has 0 aliphatic carbocycles. The van der Waals surface area contributed by atoms with Gasteiger partial charge in [0, 0.05) is 0 Å². The summed E-state index contributed by atoms with van der Waals surface area (Å²) in [5, 5.41) is 19.4. The van der Waals surface area contributed by atoms with Gasteiger partial charge in [-0.05, 0) is 13.8 Å². The Morgan fingerprint density at radius 1 is 1.29 bits per heavy atom. The van der Waals surface area contributed by atoms with E-state index in [1.54, 1.807) is 24.7 Å². The molecule has 0 amide bonds. The van der Waals surface area contributed by atoms with Crippen LogP contribution in [-0.4, -0.2) is 66.5 Å². The Labute approximate surface area is 137 Å². The van der Waals surface area contributed by atoms with Crippen molar-refractivity contribution in [2.75, 3.05) is 12.3 Å². The molecule has 0 spiro atoms. The highest BCUT2D eigenvalue weighted by Crippen LogP contribution is 2.44. The minimum atomic E-state index is -1.09. The molecule has 0 radical (unpaired) electrons. The van der Waals surface area contributed by atoms with Gasteiger partial charge in [0.2, 0.25) is 0 Å². The van der Waals surface area contributed by atoms with Crippen LogP contribution in [-0.2, 0) is 14.2 Å². The van der Waals surface area contributed by atoms with Gasteiger partial charge in [-0.3, -0.25) is 4.57 Å². The summed E-state index contributed by atoms with van der Waals surface area (Å²) in [5.74, 6) is -0.556. The number of aliphatic hydroxyl groups excluding tert-OH is 2. The molecule has 2 aliphatic heterocycles. The van der Waals surface area contributed by atoms with E-state index in [0.29, 0.717) is 11.2 Å². The summed E-state index contributed by atoms with van der Waals surface area (Å²) >= 11 is 0. The van der Waals surface area contributed by atoms with Gasteiger partial charge < -0.3 is 30.2 Å². The van der Waals surface area contributed by atoms with E-state index in [1.807, 2.05) is 0 Å². The van der Waals surface area contributed by atoms with Crippen molar-refractivity contribution in [2.24, 2.45) is 0 Å². The number of hydrogen-bond donors (Lipinski definition) is 3. The van der Waals surface area contributed by atoms with Crippen LogP contribution in [0.4, 0.5) is 5.82 Å². The molecule has 4 heterocycles. The Hall–Kier alpha value is -1.85. The molecule has 130 valence electrons. The van der Waals surface area contributed by atoms with Crippen molar-refractivity contribution in [3.8, 4) is 0 Å². The monoisotopic (exact) mass is 337 g/mol. The van der Waals surface area contributed by atoms with Gasteiger partial charge in [-0.25, -0.2) is 15.0 Å². The van der Waals surface area contributed by atoms with Crippen molar-refractivity contribution >= 4 is 17.0 Å². The summed E-state index contributed by atoms with van der Waals surface area (Å²) in [6.07, 6.45) is -0.568. The maximum absolute atomic E-state index is 10.1. The first-order valence-electron chi connectivity index (χ1n) is 7.64. The molecular weight excluding hydrogens is 318 g/mol. The molecular formula is C14H19N5O5. The lowest BCUT2D eigenvalue weighted by atomic mass is 10.1. The SMILES string of the molecule is CC1(C)O[C@@H]2[C@H]([C@H](O)CO)O[C@@H](n3cnc4c(N)ncnc43)[C@@H]2O1. The Bertz CT molecular complexity index is 765. The number of aromatic nitrogens is 4. The third-order valence-corrected chi connectivity index (χ3v) is 4.29. The number of nitrogens with two attached hydrogens (primary N) is 1. The Morgan fingerprint density at radius 2 is 2.04 bits per heavy atom. The van der Waals surface area contributed by atoms with Crippen LogP contribution < -0.4 is 5.73 Å². The quantitative estimate of drug-likeness (QED) is 0.655. The molecule has 10 heteroatoms. The fraction of sp³-hybridized carbons (Fsp3) is 0.643. The molecule has 0 bridgehead atoms.